The van der Waals surface area contributed by atoms with Crippen LogP contribution in [-0.2, 0) is 20.0 Å². The zero-order valence-corrected chi connectivity index (χ0v) is 24.6. The summed E-state index contributed by atoms with van der Waals surface area (Å²) in [5.74, 6) is 0.0711. The molecule has 2 aromatic carbocycles. The Kier molecular flexibility index (Phi) is 7.44. The molecule has 0 atom stereocenters. The van der Waals surface area contributed by atoms with Gasteiger partial charge in [0, 0.05) is 24.3 Å². The highest BCUT2D eigenvalue weighted by atomic mass is 32.2. The lowest BCUT2D eigenvalue weighted by molar-refractivity contribution is 0.320. The minimum absolute atomic E-state index is 0.123. The summed E-state index contributed by atoms with van der Waals surface area (Å²) in [5.41, 5.74) is 2.01. The Labute approximate surface area is 235 Å². The number of nitrogens with zero attached hydrogens (tertiary/aromatic N) is 3. The van der Waals surface area contributed by atoms with E-state index in [0.717, 1.165) is 31.6 Å². The van der Waals surface area contributed by atoms with Crippen molar-refractivity contribution in [1.82, 2.24) is 14.7 Å². The minimum Gasteiger partial charge on any atom is -0.395 e. The van der Waals surface area contributed by atoms with Gasteiger partial charge < -0.3 is 15.3 Å². The van der Waals surface area contributed by atoms with Crippen LogP contribution in [0.2, 0.25) is 0 Å². The van der Waals surface area contributed by atoms with Crippen LogP contribution in [0.25, 0.3) is 10.9 Å². The summed E-state index contributed by atoms with van der Waals surface area (Å²) in [7, 11) is -7.49. The van der Waals surface area contributed by atoms with Gasteiger partial charge in [0.15, 0.2) is 0 Å². The number of hydrogen-bond donors (Lipinski definition) is 4. The standard InChI is InChI=1S/C27H36N6O5S2/c1-26(2,3)32-40(37,38)21-6-4-5-19(15-21)30-25-24-22(28-18-29-25)16-20(31-39(35,36)14-13-34)17-23(24)33-11-9-27(7-8-27)10-12-33/h4-6,15-18,31-32,34H,7-14H2,1-3H3,(H,28,29,30). The Balaban J connectivity index is 1.54. The lowest BCUT2D eigenvalue weighted by Gasteiger charge is -2.35. The summed E-state index contributed by atoms with van der Waals surface area (Å²) in [6, 6.07) is 9.94. The van der Waals surface area contributed by atoms with E-state index in [0.29, 0.717) is 33.5 Å². The first-order valence-electron chi connectivity index (χ1n) is 13.3. The highest BCUT2D eigenvalue weighted by molar-refractivity contribution is 7.92. The van der Waals surface area contributed by atoms with Crippen molar-refractivity contribution in [1.29, 1.82) is 0 Å². The summed E-state index contributed by atoms with van der Waals surface area (Å²) in [6.45, 7) is 6.51. The molecule has 2 aliphatic rings. The summed E-state index contributed by atoms with van der Waals surface area (Å²) >= 11 is 0. The Hall–Kier alpha value is -3.00. The van der Waals surface area contributed by atoms with Crippen molar-refractivity contribution >= 4 is 53.8 Å². The lowest BCUT2D eigenvalue weighted by atomic mass is 9.93. The third-order valence-corrected chi connectivity index (χ3v) is 10.3. The third kappa shape index (κ3) is 6.48. The van der Waals surface area contributed by atoms with Gasteiger partial charge in [0.25, 0.3) is 0 Å². The molecule has 4 N–H and O–H groups in total. The lowest BCUT2D eigenvalue weighted by Crippen LogP contribution is -2.40. The summed E-state index contributed by atoms with van der Waals surface area (Å²) < 4.78 is 56.0. The van der Waals surface area contributed by atoms with Gasteiger partial charge in [-0.25, -0.2) is 31.5 Å². The molecule has 0 unspecified atom stereocenters. The zero-order valence-electron chi connectivity index (χ0n) is 22.9. The number of hydrogen-bond acceptors (Lipinski definition) is 9. The van der Waals surface area contributed by atoms with Crippen LogP contribution in [0.5, 0.6) is 0 Å². The molecule has 1 aliphatic heterocycles. The van der Waals surface area contributed by atoms with Crippen molar-refractivity contribution in [2.45, 2.75) is 56.9 Å². The van der Waals surface area contributed by atoms with E-state index in [4.69, 9.17) is 5.11 Å². The van der Waals surface area contributed by atoms with Crippen molar-refractivity contribution in [2.24, 2.45) is 5.41 Å². The number of benzene rings is 2. The fourth-order valence-corrected chi connectivity index (χ4v) is 7.45. The molecule has 0 bridgehead atoms. The molecule has 216 valence electrons. The van der Waals surface area contributed by atoms with Gasteiger partial charge in [0.05, 0.1) is 39.5 Å². The maximum atomic E-state index is 12.9. The first-order valence-corrected chi connectivity index (χ1v) is 16.5. The van der Waals surface area contributed by atoms with E-state index >= 15 is 0 Å². The molecule has 1 spiro atoms. The van der Waals surface area contributed by atoms with Crippen molar-refractivity contribution in [2.75, 3.05) is 40.4 Å². The Morgan fingerprint density at radius 2 is 1.70 bits per heavy atom. The second kappa shape index (κ2) is 10.4. The smallest absolute Gasteiger partial charge is 0.241 e. The second-order valence-corrected chi connectivity index (χ2v) is 15.3. The number of aliphatic hydroxyl groups excluding tert-OH is 1. The molecule has 3 aromatic rings. The highest BCUT2D eigenvalue weighted by Gasteiger charge is 2.44. The molecular weight excluding hydrogens is 552 g/mol. The largest absolute Gasteiger partial charge is 0.395 e. The first-order chi connectivity index (χ1) is 18.8. The van der Waals surface area contributed by atoms with E-state index < -0.39 is 37.9 Å². The van der Waals surface area contributed by atoms with Crippen LogP contribution in [0.15, 0.2) is 47.6 Å². The van der Waals surface area contributed by atoms with Gasteiger partial charge in [-0.1, -0.05) is 6.07 Å². The van der Waals surface area contributed by atoms with Crippen molar-refractivity contribution in [3.8, 4) is 0 Å². The predicted octanol–water partition coefficient (Wildman–Crippen LogP) is 3.56. The molecule has 0 amide bonds. The van der Waals surface area contributed by atoms with Gasteiger partial charge >= 0.3 is 0 Å². The van der Waals surface area contributed by atoms with Gasteiger partial charge in [-0.2, -0.15) is 0 Å². The van der Waals surface area contributed by atoms with E-state index in [1.807, 2.05) is 0 Å². The Bertz CT molecular complexity index is 1620. The van der Waals surface area contributed by atoms with Crippen LogP contribution >= 0.6 is 0 Å². The predicted molar refractivity (Wildman–Crippen MR) is 157 cm³/mol. The maximum absolute atomic E-state index is 12.9. The van der Waals surface area contributed by atoms with Crippen LogP contribution in [0, 0.1) is 5.41 Å². The molecule has 0 radical (unpaired) electrons. The normalized spacial score (nSPS) is 17.2. The van der Waals surface area contributed by atoms with Gasteiger partial charge in [0.2, 0.25) is 20.0 Å². The molecule has 11 nitrogen and oxygen atoms in total. The number of anilines is 4. The van der Waals surface area contributed by atoms with Crippen LogP contribution < -0.4 is 19.7 Å². The Morgan fingerprint density at radius 1 is 0.975 bits per heavy atom. The maximum Gasteiger partial charge on any atom is 0.241 e. The van der Waals surface area contributed by atoms with Gasteiger partial charge in [-0.05, 0) is 82.2 Å². The number of aliphatic hydroxyl groups is 1. The average molecular weight is 589 g/mol. The monoisotopic (exact) mass is 588 g/mol. The zero-order chi connectivity index (χ0) is 28.8. The SMILES string of the molecule is CC(C)(C)NS(=O)(=O)c1cccc(Nc2ncnc3cc(NS(=O)(=O)CCO)cc(N4CCC5(CC4)CC5)c23)c1. The first kappa shape index (κ1) is 28.5. The third-order valence-electron chi connectivity index (χ3n) is 7.32. The van der Waals surface area contributed by atoms with Crippen LogP contribution in [0.3, 0.4) is 0 Å². The number of fused-ring (bicyclic) bond motifs is 1. The van der Waals surface area contributed by atoms with E-state index in [9.17, 15) is 16.8 Å². The Morgan fingerprint density at radius 3 is 2.35 bits per heavy atom. The average Bonchev–Trinajstić information content (AvgIpc) is 3.61. The number of rotatable bonds is 9. The second-order valence-electron chi connectivity index (χ2n) is 11.8. The molecule has 40 heavy (non-hydrogen) atoms. The van der Waals surface area contributed by atoms with Crippen LogP contribution in [0.4, 0.5) is 22.9 Å². The van der Waals surface area contributed by atoms with E-state index in [2.05, 4.69) is 29.6 Å². The van der Waals surface area contributed by atoms with E-state index in [1.54, 1.807) is 51.1 Å². The summed E-state index contributed by atoms with van der Waals surface area (Å²) in [5, 5.41) is 13.2. The van der Waals surface area contributed by atoms with Crippen molar-refractivity contribution in [3.05, 3.63) is 42.7 Å². The summed E-state index contributed by atoms with van der Waals surface area (Å²) in [4.78, 5) is 11.3. The number of sulfonamides is 2. The molecule has 1 aliphatic carbocycles. The molecule has 1 saturated carbocycles. The summed E-state index contributed by atoms with van der Waals surface area (Å²) in [6.07, 6.45) is 6.01. The highest BCUT2D eigenvalue weighted by Crippen LogP contribution is 2.54. The quantitative estimate of drug-likeness (QED) is 0.294. The molecule has 1 aromatic heterocycles. The molecule has 13 heteroatoms. The number of aromatic nitrogens is 2. The van der Waals surface area contributed by atoms with Crippen molar-refractivity contribution in [3.63, 3.8) is 0 Å². The van der Waals surface area contributed by atoms with E-state index in [-0.39, 0.29) is 4.90 Å². The number of piperidine rings is 1. The van der Waals surface area contributed by atoms with E-state index in [1.165, 1.54) is 25.2 Å². The molecule has 2 heterocycles. The number of nitrogens with one attached hydrogen (secondary N) is 3. The fourth-order valence-electron chi connectivity index (χ4n) is 5.16. The topological polar surface area (TPSA) is 154 Å². The van der Waals surface area contributed by atoms with Crippen LogP contribution in [0.1, 0.15) is 46.5 Å². The van der Waals surface area contributed by atoms with Gasteiger partial charge in [-0.15, -0.1) is 0 Å². The van der Waals surface area contributed by atoms with Gasteiger partial charge in [0.1, 0.15) is 12.1 Å². The van der Waals surface area contributed by atoms with Crippen LogP contribution in [-0.4, -0.2) is 62.9 Å². The molecule has 2 fully saturated rings. The fraction of sp³-hybridized carbons (Fsp3) is 0.481. The van der Waals surface area contributed by atoms with Gasteiger partial charge in [-0.3, -0.25) is 4.72 Å². The molecular formula is C27H36N6O5S2. The van der Waals surface area contributed by atoms with Crippen molar-refractivity contribution < 1.29 is 21.9 Å². The minimum atomic E-state index is -3.75. The molecule has 5 rings (SSSR count). The molecule has 1 saturated heterocycles.